The molecule has 0 heterocycles. The lowest BCUT2D eigenvalue weighted by molar-refractivity contribution is 0.517. The Bertz CT molecular complexity index is 295. The number of azide groups is 1. The van der Waals surface area contributed by atoms with Crippen molar-refractivity contribution in [1.82, 2.24) is 0 Å². The molecule has 3 nitrogen and oxygen atoms in total. The third-order valence-corrected chi connectivity index (χ3v) is 2.66. The molecular formula is C10H15N3. The van der Waals surface area contributed by atoms with Gasteiger partial charge in [-0.1, -0.05) is 22.8 Å². The first-order valence-electron chi connectivity index (χ1n) is 4.54. The number of rotatable bonds is 2. The van der Waals surface area contributed by atoms with Crippen LogP contribution in [0.4, 0.5) is 0 Å². The lowest BCUT2D eigenvalue weighted by Crippen LogP contribution is -2.09. The van der Waals surface area contributed by atoms with E-state index in [0.29, 0.717) is 5.92 Å². The first kappa shape index (κ1) is 9.87. The molecule has 70 valence electrons. The molecule has 1 aliphatic rings. The molecule has 0 spiro atoms. The number of hydrogen-bond acceptors (Lipinski definition) is 1. The van der Waals surface area contributed by atoms with Crippen LogP contribution in [0.1, 0.15) is 33.1 Å². The van der Waals surface area contributed by atoms with Crippen molar-refractivity contribution in [3.63, 3.8) is 0 Å². The average molecular weight is 177 g/mol. The Hall–Kier alpha value is -1.21. The Kier molecular flexibility index (Phi) is 3.15. The lowest BCUT2D eigenvalue weighted by atomic mass is 9.84. The van der Waals surface area contributed by atoms with E-state index in [-0.39, 0.29) is 0 Å². The van der Waals surface area contributed by atoms with E-state index in [1.807, 2.05) is 13.8 Å². The van der Waals surface area contributed by atoms with E-state index in [9.17, 15) is 0 Å². The monoisotopic (exact) mass is 177 g/mol. The van der Waals surface area contributed by atoms with Crippen LogP contribution in [0.15, 0.2) is 28.5 Å². The highest BCUT2D eigenvalue weighted by molar-refractivity contribution is 5.18. The number of allylic oxidation sites excluding steroid dienone is 3. The van der Waals surface area contributed by atoms with Gasteiger partial charge in [-0.05, 0) is 44.6 Å². The van der Waals surface area contributed by atoms with Crippen molar-refractivity contribution in [3.05, 3.63) is 33.9 Å². The summed E-state index contributed by atoms with van der Waals surface area (Å²) in [4.78, 5) is 2.84. The van der Waals surface area contributed by atoms with E-state index in [0.717, 1.165) is 25.0 Å². The van der Waals surface area contributed by atoms with Gasteiger partial charge in [0.15, 0.2) is 0 Å². The number of nitrogens with zero attached hydrogens (tertiary/aromatic N) is 3. The van der Waals surface area contributed by atoms with Gasteiger partial charge in [-0.2, -0.15) is 0 Å². The van der Waals surface area contributed by atoms with Gasteiger partial charge in [-0.15, -0.1) is 0 Å². The maximum Gasteiger partial charge on any atom is 0.0146 e. The zero-order chi connectivity index (χ0) is 9.84. The van der Waals surface area contributed by atoms with E-state index < -0.39 is 0 Å². The molecule has 0 radical (unpaired) electrons. The molecule has 0 aromatic carbocycles. The van der Waals surface area contributed by atoms with Gasteiger partial charge in [-0.25, -0.2) is 0 Å². The molecule has 0 bridgehead atoms. The summed E-state index contributed by atoms with van der Waals surface area (Å²) in [5.41, 5.74) is 11.7. The molecule has 0 fully saturated rings. The van der Waals surface area contributed by atoms with Gasteiger partial charge >= 0.3 is 0 Å². The van der Waals surface area contributed by atoms with Crippen LogP contribution in [0.25, 0.3) is 10.4 Å². The minimum Gasteiger partial charge on any atom is -0.0998 e. The fourth-order valence-corrected chi connectivity index (χ4v) is 1.65. The fourth-order valence-electron chi connectivity index (χ4n) is 1.65. The molecule has 0 saturated carbocycles. The second kappa shape index (κ2) is 4.15. The summed E-state index contributed by atoms with van der Waals surface area (Å²) in [6.07, 6.45) is 3.04. The van der Waals surface area contributed by atoms with Crippen LogP contribution >= 0.6 is 0 Å². The second-order valence-electron chi connectivity index (χ2n) is 3.70. The van der Waals surface area contributed by atoms with Gasteiger partial charge in [0.25, 0.3) is 0 Å². The molecule has 1 rings (SSSR count). The zero-order valence-electron chi connectivity index (χ0n) is 8.25. The molecule has 0 aliphatic heterocycles. The molecule has 13 heavy (non-hydrogen) atoms. The van der Waals surface area contributed by atoms with Crippen LogP contribution in [0.2, 0.25) is 0 Å². The van der Waals surface area contributed by atoms with Gasteiger partial charge < -0.3 is 0 Å². The SMILES string of the molecule is C=C(C)C1CCC(C)=C(N=[N+]=[N-])C1. The van der Waals surface area contributed by atoms with E-state index in [4.69, 9.17) is 5.53 Å². The van der Waals surface area contributed by atoms with Crippen LogP contribution in [-0.4, -0.2) is 0 Å². The van der Waals surface area contributed by atoms with Gasteiger partial charge in [0, 0.05) is 10.6 Å². The predicted molar refractivity (Wildman–Crippen MR) is 54.0 cm³/mol. The third kappa shape index (κ3) is 2.36. The lowest BCUT2D eigenvalue weighted by Gasteiger charge is -2.23. The van der Waals surface area contributed by atoms with Gasteiger partial charge in [0.05, 0.1) is 0 Å². The topological polar surface area (TPSA) is 48.8 Å². The second-order valence-corrected chi connectivity index (χ2v) is 3.70. The standard InChI is InChI=1S/C10H15N3/c1-7(2)9-5-4-8(3)10(6-9)12-13-11/h9H,1,4-6H2,2-3H3. The maximum atomic E-state index is 8.36. The molecule has 1 unspecified atom stereocenters. The first-order valence-corrected chi connectivity index (χ1v) is 4.54. The Morgan fingerprint density at radius 1 is 1.69 bits per heavy atom. The highest BCUT2D eigenvalue weighted by Gasteiger charge is 2.18. The summed E-state index contributed by atoms with van der Waals surface area (Å²) in [7, 11) is 0. The van der Waals surface area contributed by atoms with Crippen molar-refractivity contribution in [2.24, 2.45) is 11.0 Å². The van der Waals surface area contributed by atoms with Crippen LogP contribution in [0.3, 0.4) is 0 Å². The van der Waals surface area contributed by atoms with Gasteiger partial charge in [0.1, 0.15) is 0 Å². The summed E-state index contributed by atoms with van der Waals surface area (Å²) in [6.45, 7) is 8.02. The van der Waals surface area contributed by atoms with Crippen LogP contribution in [0.5, 0.6) is 0 Å². The summed E-state index contributed by atoms with van der Waals surface area (Å²) >= 11 is 0. The minimum atomic E-state index is 0.504. The van der Waals surface area contributed by atoms with Gasteiger partial charge in [-0.3, -0.25) is 0 Å². The summed E-state index contributed by atoms with van der Waals surface area (Å²) < 4.78 is 0. The van der Waals surface area contributed by atoms with Crippen molar-refractivity contribution >= 4 is 0 Å². The van der Waals surface area contributed by atoms with E-state index >= 15 is 0 Å². The van der Waals surface area contributed by atoms with Gasteiger partial charge in [0.2, 0.25) is 0 Å². The number of hydrogen-bond donors (Lipinski definition) is 0. The third-order valence-electron chi connectivity index (χ3n) is 2.66. The van der Waals surface area contributed by atoms with Crippen molar-refractivity contribution in [1.29, 1.82) is 0 Å². The Balaban J connectivity index is 2.81. The predicted octanol–water partition coefficient (Wildman–Crippen LogP) is 3.95. The highest BCUT2D eigenvalue weighted by Crippen LogP contribution is 2.33. The van der Waals surface area contributed by atoms with Crippen molar-refractivity contribution in [3.8, 4) is 0 Å². The van der Waals surface area contributed by atoms with Crippen molar-refractivity contribution in [2.45, 2.75) is 33.1 Å². The summed E-state index contributed by atoms with van der Waals surface area (Å²) in [6, 6.07) is 0. The molecular weight excluding hydrogens is 162 g/mol. The van der Waals surface area contributed by atoms with Crippen molar-refractivity contribution < 1.29 is 0 Å². The Morgan fingerprint density at radius 2 is 2.38 bits per heavy atom. The quantitative estimate of drug-likeness (QED) is 0.265. The average Bonchev–Trinajstić information content (AvgIpc) is 2.08. The molecule has 0 saturated heterocycles. The molecule has 0 aromatic heterocycles. The molecule has 1 aliphatic carbocycles. The van der Waals surface area contributed by atoms with E-state index in [1.54, 1.807) is 0 Å². The minimum absolute atomic E-state index is 0.504. The van der Waals surface area contributed by atoms with Crippen molar-refractivity contribution in [2.75, 3.05) is 0 Å². The first-order chi connectivity index (χ1) is 6.15. The van der Waals surface area contributed by atoms with Crippen LogP contribution in [0, 0.1) is 5.92 Å². The van der Waals surface area contributed by atoms with Crippen LogP contribution in [-0.2, 0) is 0 Å². The van der Waals surface area contributed by atoms with E-state index in [2.05, 4.69) is 16.6 Å². The Labute approximate surface area is 78.8 Å². The highest BCUT2D eigenvalue weighted by atomic mass is 15.1. The Morgan fingerprint density at radius 3 is 2.92 bits per heavy atom. The normalized spacial score (nSPS) is 22.5. The summed E-state index contributed by atoms with van der Waals surface area (Å²) in [5.74, 6) is 0.504. The molecule has 3 heteroatoms. The molecule has 0 amide bonds. The van der Waals surface area contributed by atoms with E-state index in [1.165, 1.54) is 11.1 Å². The smallest absolute Gasteiger partial charge is 0.0146 e. The van der Waals surface area contributed by atoms with Crippen LogP contribution < -0.4 is 0 Å². The zero-order valence-corrected chi connectivity index (χ0v) is 8.25. The molecule has 0 N–H and O–H groups in total. The largest absolute Gasteiger partial charge is 0.0998 e. The maximum absolute atomic E-state index is 8.36. The molecule has 1 atom stereocenters. The fraction of sp³-hybridized carbons (Fsp3) is 0.600. The molecule has 0 aromatic rings. The summed E-state index contributed by atoms with van der Waals surface area (Å²) in [5, 5.41) is 3.72.